The molecule has 7 nitrogen and oxygen atoms in total. The van der Waals surface area contributed by atoms with E-state index in [9.17, 15) is 9.59 Å². The Morgan fingerprint density at radius 1 is 1.10 bits per heavy atom. The van der Waals surface area contributed by atoms with Gasteiger partial charge in [0.25, 0.3) is 0 Å². The van der Waals surface area contributed by atoms with E-state index in [2.05, 4.69) is 50.8 Å². The molecule has 2 aliphatic heterocycles. The molecule has 2 aromatic carbocycles. The van der Waals surface area contributed by atoms with Crippen LogP contribution in [0.4, 0.5) is 0 Å². The van der Waals surface area contributed by atoms with Gasteiger partial charge in [-0.25, -0.2) is 0 Å². The number of morpholine rings is 1. The maximum Gasteiger partial charge on any atom is 0.237 e. The van der Waals surface area contributed by atoms with Crippen molar-refractivity contribution in [1.82, 2.24) is 20.4 Å². The number of fused-ring (bicyclic) bond motifs is 1. The number of carbonyl (C=O) groups excluding carboxylic acids is 2. The van der Waals surface area contributed by atoms with Crippen molar-refractivity contribution in [2.75, 3.05) is 52.5 Å². The van der Waals surface area contributed by atoms with Gasteiger partial charge in [-0.2, -0.15) is 0 Å². The van der Waals surface area contributed by atoms with Crippen LogP contribution in [0.1, 0.15) is 12.0 Å². The predicted octanol–water partition coefficient (Wildman–Crippen LogP) is 0.979. The first-order valence-electron chi connectivity index (χ1n) is 10.8. The van der Waals surface area contributed by atoms with E-state index in [0.717, 1.165) is 45.0 Å². The monoisotopic (exact) mass is 410 g/mol. The molecule has 7 heteroatoms. The average Bonchev–Trinajstić information content (AvgIpc) is 2.77. The molecule has 0 aromatic heterocycles. The Balaban J connectivity index is 1.33. The first kappa shape index (κ1) is 20.8. The SMILES string of the molecule is O=C(C[C@@H]1C(=O)NCCN1Cc1ccc2ccccc2c1)NCCN1CCOCC1. The molecule has 0 radical (unpaired) electrons. The molecule has 0 spiro atoms. The quantitative estimate of drug-likeness (QED) is 0.712. The molecular weight excluding hydrogens is 380 g/mol. The summed E-state index contributed by atoms with van der Waals surface area (Å²) in [6.07, 6.45) is 0.183. The number of hydrogen-bond acceptors (Lipinski definition) is 5. The fraction of sp³-hybridized carbons (Fsp3) is 0.478. The maximum absolute atomic E-state index is 12.5. The molecule has 2 aromatic rings. The van der Waals surface area contributed by atoms with Crippen LogP contribution < -0.4 is 10.6 Å². The summed E-state index contributed by atoms with van der Waals surface area (Å²) in [7, 11) is 0. The summed E-state index contributed by atoms with van der Waals surface area (Å²) in [4.78, 5) is 29.4. The molecule has 2 heterocycles. The highest BCUT2D eigenvalue weighted by Crippen LogP contribution is 2.19. The zero-order valence-corrected chi connectivity index (χ0v) is 17.3. The zero-order valence-electron chi connectivity index (χ0n) is 17.3. The Labute approximate surface area is 177 Å². The minimum absolute atomic E-state index is 0.0645. The van der Waals surface area contributed by atoms with Gasteiger partial charge in [0.05, 0.1) is 25.7 Å². The summed E-state index contributed by atoms with van der Waals surface area (Å²) in [6, 6.07) is 14.2. The van der Waals surface area contributed by atoms with Crippen molar-refractivity contribution in [1.29, 1.82) is 0 Å². The Bertz CT molecular complexity index is 882. The van der Waals surface area contributed by atoms with Crippen molar-refractivity contribution in [2.45, 2.75) is 19.0 Å². The van der Waals surface area contributed by atoms with Crippen molar-refractivity contribution in [3.63, 3.8) is 0 Å². The number of nitrogens with zero attached hydrogens (tertiary/aromatic N) is 2. The van der Waals surface area contributed by atoms with Crippen LogP contribution in [0.15, 0.2) is 42.5 Å². The molecule has 1 atom stereocenters. The number of amides is 2. The normalized spacial score (nSPS) is 20.8. The van der Waals surface area contributed by atoms with Gasteiger partial charge in [-0.05, 0) is 22.4 Å². The topological polar surface area (TPSA) is 73.9 Å². The Morgan fingerprint density at radius 2 is 1.90 bits per heavy atom. The number of ether oxygens (including phenoxy) is 1. The van der Waals surface area contributed by atoms with Crippen LogP contribution in [-0.4, -0.2) is 80.1 Å². The Morgan fingerprint density at radius 3 is 2.73 bits per heavy atom. The number of piperazine rings is 1. The van der Waals surface area contributed by atoms with E-state index in [1.807, 2.05) is 12.1 Å². The van der Waals surface area contributed by atoms with Crippen LogP contribution in [0.25, 0.3) is 10.8 Å². The third-order valence-corrected chi connectivity index (χ3v) is 5.87. The summed E-state index contributed by atoms with van der Waals surface area (Å²) in [5, 5.41) is 8.28. The summed E-state index contributed by atoms with van der Waals surface area (Å²) >= 11 is 0. The fourth-order valence-corrected chi connectivity index (χ4v) is 4.17. The lowest BCUT2D eigenvalue weighted by Gasteiger charge is -2.34. The van der Waals surface area contributed by atoms with E-state index in [1.54, 1.807) is 0 Å². The lowest BCUT2D eigenvalue weighted by molar-refractivity contribution is -0.134. The molecule has 2 N–H and O–H groups in total. The lowest BCUT2D eigenvalue weighted by atomic mass is 10.0. The van der Waals surface area contributed by atoms with Crippen molar-refractivity contribution in [2.24, 2.45) is 0 Å². The van der Waals surface area contributed by atoms with Gasteiger partial charge in [-0.1, -0.05) is 36.4 Å². The summed E-state index contributed by atoms with van der Waals surface area (Å²) in [5.41, 5.74) is 1.15. The summed E-state index contributed by atoms with van der Waals surface area (Å²) in [5.74, 6) is -0.140. The predicted molar refractivity (Wildman–Crippen MR) is 116 cm³/mol. The molecule has 0 bridgehead atoms. The second-order valence-electron chi connectivity index (χ2n) is 7.97. The van der Waals surface area contributed by atoms with Crippen LogP contribution in [0.3, 0.4) is 0 Å². The highest BCUT2D eigenvalue weighted by molar-refractivity contribution is 5.89. The van der Waals surface area contributed by atoms with Gasteiger partial charge < -0.3 is 15.4 Å². The molecule has 2 amide bonds. The van der Waals surface area contributed by atoms with Crippen LogP contribution in [0, 0.1) is 0 Å². The smallest absolute Gasteiger partial charge is 0.237 e. The summed E-state index contributed by atoms with van der Waals surface area (Å²) < 4.78 is 5.34. The highest BCUT2D eigenvalue weighted by atomic mass is 16.5. The van der Waals surface area contributed by atoms with Crippen molar-refractivity contribution in [3.05, 3.63) is 48.0 Å². The lowest BCUT2D eigenvalue weighted by Crippen LogP contribution is -2.56. The number of carbonyl (C=O) groups is 2. The van der Waals surface area contributed by atoms with Gasteiger partial charge >= 0.3 is 0 Å². The van der Waals surface area contributed by atoms with Crippen molar-refractivity contribution in [3.8, 4) is 0 Å². The second-order valence-corrected chi connectivity index (χ2v) is 7.97. The third kappa shape index (κ3) is 5.36. The zero-order chi connectivity index (χ0) is 20.8. The van der Waals surface area contributed by atoms with Gasteiger partial charge in [-0.3, -0.25) is 19.4 Å². The van der Waals surface area contributed by atoms with E-state index in [-0.39, 0.29) is 18.2 Å². The standard InChI is InChI=1S/C23H30N4O3/c28-22(24-7-9-26-11-13-30-14-12-26)16-21-23(29)25-8-10-27(21)17-18-5-6-19-3-1-2-4-20(19)15-18/h1-6,15,21H,7-14,16-17H2,(H,24,28)(H,25,29)/t21-/m1/s1. The van der Waals surface area contributed by atoms with E-state index in [4.69, 9.17) is 4.74 Å². The molecule has 4 rings (SSSR count). The van der Waals surface area contributed by atoms with Crippen LogP contribution in [-0.2, 0) is 20.9 Å². The number of benzene rings is 2. The van der Waals surface area contributed by atoms with Gasteiger partial charge in [0.15, 0.2) is 0 Å². The largest absolute Gasteiger partial charge is 0.379 e. The number of nitrogens with one attached hydrogen (secondary N) is 2. The van der Waals surface area contributed by atoms with Gasteiger partial charge in [0, 0.05) is 45.8 Å². The molecule has 2 saturated heterocycles. The van der Waals surface area contributed by atoms with E-state index in [0.29, 0.717) is 19.6 Å². The summed E-state index contributed by atoms with van der Waals surface area (Å²) in [6.45, 7) is 6.72. The average molecular weight is 411 g/mol. The van der Waals surface area contributed by atoms with Gasteiger partial charge in [-0.15, -0.1) is 0 Å². The maximum atomic E-state index is 12.5. The fourth-order valence-electron chi connectivity index (χ4n) is 4.17. The molecular formula is C23H30N4O3. The molecule has 2 aliphatic rings. The number of rotatable bonds is 7. The molecule has 0 unspecified atom stereocenters. The highest BCUT2D eigenvalue weighted by Gasteiger charge is 2.31. The van der Waals surface area contributed by atoms with Crippen LogP contribution in [0.2, 0.25) is 0 Å². The first-order valence-corrected chi connectivity index (χ1v) is 10.8. The van der Waals surface area contributed by atoms with Gasteiger partial charge in [0.1, 0.15) is 0 Å². The van der Waals surface area contributed by atoms with Crippen molar-refractivity contribution < 1.29 is 14.3 Å². The molecule has 160 valence electrons. The second kappa shape index (κ2) is 10.0. The molecule has 0 aliphatic carbocycles. The minimum atomic E-state index is -0.436. The molecule has 2 fully saturated rings. The third-order valence-electron chi connectivity index (χ3n) is 5.87. The Kier molecular flexibility index (Phi) is 6.94. The van der Waals surface area contributed by atoms with E-state index < -0.39 is 6.04 Å². The van der Waals surface area contributed by atoms with Crippen LogP contribution >= 0.6 is 0 Å². The van der Waals surface area contributed by atoms with Crippen molar-refractivity contribution >= 4 is 22.6 Å². The number of hydrogen-bond donors (Lipinski definition) is 2. The molecule has 30 heavy (non-hydrogen) atoms. The van der Waals surface area contributed by atoms with Crippen LogP contribution in [0.5, 0.6) is 0 Å². The first-order chi connectivity index (χ1) is 14.7. The Hall–Kier alpha value is -2.48. The van der Waals surface area contributed by atoms with Gasteiger partial charge in [0.2, 0.25) is 11.8 Å². The molecule has 0 saturated carbocycles. The van der Waals surface area contributed by atoms with E-state index in [1.165, 1.54) is 10.8 Å². The van der Waals surface area contributed by atoms with E-state index >= 15 is 0 Å². The minimum Gasteiger partial charge on any atom is -0.379 e.